The summed E-state index contributed by atoms with van der Waals surface area (Å²) in [4.78, 5) is 14.1. The highest BCUT2D eigenvalue weighted by molar-refractivity contribution is 5.79. The number of hydrogen-bond donors (Lipinski definition) is 1. The van der Waals surface area contributed by atoms with Crippen molar-refractivity contribution in [2.75, 3.05) is 6.54 Å². The second-order valence-corrected chi connectivity index (χ2v) is 4.83. The molecule has 1 heterocycles. The fourth-order valence-electron chi connectivity index (χ4n) is 2.30. The van der Waals surface area contributed by atoms with Crippen LogP contribution in [-0.4, -0.2) is 35.5 Å². The number of hydrogen-bond acceptors (Lipinski definition) is 2. The zero-order chi connectivity index (χ0) is 11.4. The summed E-state index contributed by atoms with van der Waals surface area (Å²) in [6.07, 6.45) is 3.41. The van der Waals surface area contributed by atoms with Gasteiger partial charge < -0.3 is 10.2 Å². The van der Waals surface area contributed by atoms with Gasteiger partial charge in [0.1, 0.15) is 0 Å². The van der Waals surface area contributed by atoms with E-state index in [1.165, 1.54) is 6.42 Å². The Hall–Kier alpha value is -0.570. The fourth-order valence-corrected chi connectivity index (χ4v) is 2.30. The van der Waals surface area contributed by atoms with E-state index in [-0.39, 0.29) is 5.91 Å². The van der Waals surface area contributed by atoms with Gasteiger partial charge >= 0.3 is 0 Å². The number of carbonyl (C=O) groups is 1. The van der Waals surface area contributed by atoms with Crippen LogP contribution in [-0.2, 0) is 4.79 Å². The van der Waals surface area contributed by atoms with Crippen molar-refractivity contribution in [1.82, 2.24) is 10.2 Å². The molecule has 1 N–H and O–H groups in total. The molecule has 3 nitrogen and oxygen atoms in total. The van der Waals surface area contributed by atoms with Gasteiger partial charge in [-0.3, -0.25) is 4.79 Å². The van der Waals surface area contributed by atoms with Crippen LogP contribution in [0, 0.1) is 0 Å². The lowest BCUT2D eigenvalue weighted by molar-refractivity contribution is -0.133. The monoisotopic (exact) mass is 212 g/mol. The van der Waals surface area contributed by atoms with Crippen LogP contribution in [0.3, 0.4) is 0 Å². The Morgan fingerprint density at radius 2 is 2.13 bits per heavy atom. The molecule has 0 aliphatic carbocycles. The van der Waals surface area contributed by atoms with Gasteiger partial charge in [0, 0.05) is 18.1 Å². The Morgan fingerprint density at radius 3 is 2.67 bits per heavy atom. The zero-order valence-electron chi connectivity index (χ0n) is 10.4. The normalized spacial score (nSPS) is 26.3. The van der Waals surface area contributed by atoms with Crippen molar-refractivity contribution in [3.63, 3.8) is 0 Å². The molecular weight excluding hydrogens is 188 g/mol. The molecule has 0 bridgehead atoms. The molecule has 1 rings (SSSR count). The molecular formula is C12H24N2O. The zero-order valence-corrected chi connectivity index (χ0v) is 10.4. The van der Waals surface area contributed by atoms with E-state index in [0.717, 1.165) is 12.8 Å². The smallest absolute Gasteiger partial charge is 0.237 e. The number of nitrogens with one attached hydrogen (secondary N) is 1. The van der Waals surface area contributed by atoms with Crippen molar-refractivity contribution in [2.45, 2.75) is 65.1 Å². The molecule has 3 heteroatoms. The topological polar surface area (TPSA) is 32.3 Å². The highest BCUT2D eigenvalue weighted by Crippen LogP contribution is 2.25. The van der Waals surface area contributed by atoms with E-state index in [0.29, 0.717) is 24.7 Å². The minimum atomic E-state index is 0.264. The van der Waals surface area contributed by atoms with Crippen LogP contribution in [0.1, 0.15) is 47.0 Å². The average Bonchev–Trinajstić information content (AvgIpc) is 2.56. The van der Waals surface area contributed by atoms with Crippen LogP contribution >= 0.6 is 0 Å². The molecule has 15 heavy (non-hydrogen) atoms. The predicted molar refractivity (Wildman–Crippen MR) is 62.8 cm³/mol. The van der Waals surface area contributed by atoms with Gasteiger partial charge in [-0.25, -0.2) is 0 Å². The highest BCUT2D eigenvalue weighted by atomic mass is 16.2. The molecule has 1 amide bonds. The van der Waals surface area contributed by atoms with Gasteiger partial charge in [0.25, 0.3) is 0 Å². The Balaban J connectivity index is 2.49. The third-order valence-electron chi connectivity index (χ3n) is 3.21. The van der Waals surface area contributed by atoms with Crippen LogP contribution in [0.5, 0.6) is 0 Å². The maximum Gasteiger partial charge on any atom is 0.237 e. The molecule has 0 radical (unpaired) electrons. The fraction of sp³-hybridized carbons (Fsp3) is 0.917. The molecule has 1 saturated heterocycles. The van der Waals surface area contributed by atoms with E-state index in [2.05, 4.69) is 37.9 Å². The lowest BCUT2D eigenvalue weighted by Crippen LogP contribution is -2.45. The minimum Gasteiger partial charge on any atom is -0.336 e. The first-order chi connectivity index (χ1) is 7.06. The molecule has 0 aromatic rings. The first kappa shape index (κ1) is 12.5. The van der Waals surface area contributed by atoms with Gasteiger partial charge in [-0.15, -0.1) is 0 Å². The summed E-state index contributed by atoms with van der Waals surface area (Å²) in [5.41, 5.74) is 0. The van der Waals surface area contributed by atoms with Crippen LogP contribution in [0.15, 0.2) is 0 Å². The molecule has 2 unspecified atom stereocenters. The van der Waals surface area contributed by atoms with Crippen LogP contribution in [0.4, 0.5) is 0 Å². The summed E-state index contributed by atoms with van der Waals surface area (Å²) in [5.74, 6) is 0.264. The summed E-state index contributed by atoms with van der Waals surface area (Å²) in [5, 5.41) is 3.20. The molecule has 1 aliphatic rings. The number of amides is 1. The summed E-state index contributed by atoms with van der Waals surface area (Å²) in [6, 6.07) is 1.28. The molecule has 1 fully saturated rings. The molecule has 0 aromatic heterocycles. The van der Waals surface area contributed by atoms with Crippen molar-refractivity contribution in [1.29, 1.82) is 0 Å². The summed E-state index contributed by atoms with van der Waals surface area (Å²) in [7, 11) is 0. The van der Waals surface area contributed by atoms with E-state index in [1.807, 2.05) is 0 Å². The Morgan fingerprint density at radius 1 is 1.47 bits per heavy atom. The highest BCUT2D eigenvalue weighted by Gasteiger charge is 2.32. The number of nitrogens with zero attached hydrogens (tertiary/aromatic N) is 1. The first-order valence-corrected chi connectivity index (χ1v) is 6.10. The molecule has 0 aromatic carbocycles. The first-order valence-electron chi connectivity index (χ1n) is 6.10. The Bertz CT molecular complexity index is 216. The largest absolute Gasteiger partial charge is 0.336 e. The van der Waals surface area contributed by atoms with Gasteiger partial charge in [-0.2, -0.15) is 0 Å². The van der Waals surface area contributed by atoms with Crippen molar-refractivity contribution in [3.05, 3.63) is 0 Å². The van der Waals surface area contributed by atoms with Gasteiger partial charge in [0.15, 0.2) is 0 Å². The number of likely N-dealkylation sites (tertiary alicyclic amines) is 1. The van der Waals surface area contributed by atoms with Crippen molar-refractivity contribution >= 4 is 5.91 Å². The summed E-state index contributed by atoms with van der Waals surface area (Å²) in [6.45, 7) is 8.94. The quantitative estimate of drug-likeness (QED) is 0.770. The number of rotatable bonds is 4. The van der Waals surface area contributed by atoms with Gasteiger partial charge in [-0.05, 0) is 26.2 Å². The maximum atomic E-state index is 12.0. The molecule has 0 saturated carbocycles. The van der Waals surface area contributed by atoms with Gasteiger partial charge in [-0.1, -0.05) is 20.8 Å². The lowest BCUT2D eigenvalue weighted by atomic mass is 10.1. The number of carbonyl (C=O) groups excluding carboxylic acids is 1. The van der Waals surface area contributed by atoms with Crippen LogP contribution in [0.2, 0.25) is 0 Å². The Kier molecular flexibility index (Phi) is 4.58. The third kappa shape index (κ3) is 3.20. The van der Waals surface area contributed by atoms with Crippen LogP contribution < -0.4 is 5.32 Å². The molecule has 0 spiro atoms. The van der Waals surface area contributed by atoms with Crippen LogP contribution in [0.25, 0.3) is 0 Å². The van der Waals surface area contributed by atoms with E-state index in [1.54, 1.807) is 0 Å². The second kappa shape index (κ2) is 5.50. The van der Waals surface area contributed by atoms with Crippen molar-refractivity contribution in [2.24, 2.45) is 0 Å². The van der Waals surface area contributed by atoms with E-state index < -0.39 is 0 Å². The lowest BCUT2D eigenvalue weighted by Gasteiger charge is -2.28. The minimum absolute atomic E-state index is 0.264. The van der Waals surface area contributed by atoms with E-state index in [4.69, 9.17) is 0 Å². The SMILES string of the molecule is CCC1CCC(C)N1C(=O)CNC(C)C. The maximum absolute atomic E-state index is 12.0. The summed E-state index contributed by atoms with van der Waals surface area (Å²) < 4.78 is 0. The Labute approximate surface area is 93.2 Å². The second-order valence-electron chi connectivity index (χ2n) is 4.83. The molecule has 2 atom stereocenters. The van der Waals surface area contributed by atoms with Crippen molar-refractivity contribution in [3.8, 4) is 0 Å². The van der Waals surface area contributed by atoms with Gasteiger partial charge in [0.2, 0.25) is 5.91 Å². The molecule has 88 valence electrons. The average molecular weight is 212 g/mol. The third-order valence-corrected chi connectivity index (χ3v) is 3.21. The van der Waals surface area contributed by atoms with E-state index in [9.17, 15) is 4.79 Å². The van der Waals surface area contributed by atoms with E-state index >= 15 is 0 Å². The van der Waals surface area contributed by atoms with Gasteiger partial charge in [0.05, 0.1) is 6.54 Å². The van der Waals surface area contributed by atoms with Crippen molar-refractivity contribution < 1.29 is 4.79 Å². The molecule has 1 aliphatic heterocycles. The summed E-state index contributed by atoms with van der Waals surface area (Å²) >= 11 is 0. The standard InChI is InChI=1S/C12H24N2O/c1-5-11-7-6-10(4)14(11)12(15)8-13-9(2)3/h9-11,13H,5-8H2,1-4H3. The predicted octanol–water partition coefficient (Wildman–Crippen LogP) is 1.77.